The molecule has 0 aliphatic carbocycles. The van der Waals surface area contributed by atoms with Crippen LogP contribution in [0.15, 0.2) is 0 Å². The van der Waals surface area contributed by atoms with Crippen LogP contribution in [0, 0.1) is 0 Å². The van der Waals surface area contributed by atoms with Gasteiger partial charge in [-0.1, -0.05) is 369 Å². The average Bonchev–Trinajstić information content (AvgIpc) is 0.805. The van der Waals surface area contributed by atoms with Gasteiger partial charge in [0, 0.05) is 31.7 Å². The summed E-state index contributed by atoms with van der Waals surface area (Å²) in [5, 5.41) is 76.3. The summed E-state index contributed by atoms with van der Waals surface area (Å²) in [6, 6.07) is 0.136. The summed E-state index contributed by atoms with van der Waals surface area (Å²) in [5.41, 5.74) is -5.10. The molecule has 0 aliphatic rings. The maximum Gasteiger partial charge on any atom is 0.501 e. The lowest BCUT2D eigenvalue weighted by atomic mass is 10.0. The van der Waals surface area contributed by atoms with Crippen molar-refractivity contribution in [3.8, 4) is 0 Å². The van der Waals surface area contributed by atoms with Crippen molar-refractivity contribution in [2.75, 3.05) is 86.1 Å². The number of hydrogen-bond donors (Lipinski definition) is 9. The lowest BCUT2D eigenvalue weighted by Crippen LogP contribution is -2.65. The summed E-state index contributed by atoms with van der Waals surface area (Å²) in [5.74, 6) is -1.05. The van der Waals surface area contributed by atoms with Gasteiger partial charge in [-0.2, -0.15) is 0 Å². The van der Waals surface area contributed by atoms with E-state index in [1.165, 1.54) is 276 Å². The van der Waals surface area contributed by atoms with Crippen molar-refractivity contribution >= 4 is 26.5 Å². The molecule has 0 saturated carbocycles. The predicted molar refractivity (Wildman–Crippen MR) is 444 cm³/mol. The molecule has 0 heterocycles. The molecule has 0 rings (SSSR count). The highest BCUT2D eigenvalue weighted by Crippen LogP contribution is 2.28. The molecule has 17 heteroatoms. The Hall–Kier alpha value is -1.77. The maximum absolute atomic E-state index is 13.9. The third-order valence-electron chi connectivity index (χ3n) is 22.5. The highest BCUT2D eigenvalue weighted by molar-refractivity contribution is 6.60. The van der Waals surface area contributed by atoms with E-state index in [-0.39, 0.29) is 43.0 Å². The molecular weight excluding hydrogens is 1330 g/mol. The molecule has 0 aromatic rings. The summed E-state index contributed by atoms with van der Waals surface area (Å²) in [7, 11) is -2.06. The Balaban J connectivity index is 7.23. The number of rotatable bonds is 86. The number of aliphatic hydroxyl groups is 6. The van der Waals surface area contributed by atoms with Crippen molar-refractivity contribution in [2.45, 2.75) is 462 Å². The second-order valence-electron chi connectivity index (χ2n) is 33.2. The highest BCUT2D eigenvalue weighted by Gasteiger charge is 2.49. The van der Waals surface area contributed by atoms with Gasteiger partial charge in [0.1, 0.15) is 16.6 Å². The van der Waals surface area contributed by atoms with E-state index in [0.717, 1.165) is 101 Å². The molecule has 626 valence electrons. The standard InChI is InChI=1S/C88H178N4O12Si/c1-7-12-17-22-27-32-34-36-38-40-42-44-49-54-59-64-70-92(6,71-65-60-55-50-45-43-41-39-37-35-33-28-23-18-13-8-2)72-66-73-105(102-80-86(74-93,75-94)89-83(99)67-61-56-51-46-29-24-19-14-9-3,103-81-87(76-95,77-96)90-84(100)68-62-57-52-47-30-25-20-15-10-4)104-82-88(78-97,79-98)91-85(101)69-63-58-53-48-31-26-21-16-11-5/h93-98H,7-82H2,1-6H3,(H2-,89,90,91,99,100,101)/p+1. The largest absolute Gasteiger partial charge is 0.501 e. The van der Waals surface area contributed by atoms with Gasteiger partial charge in [-0.05, 0) is 44.9 Å². The van der Waals surface area contributed by atoms with Gasteiger partial charge in [-0.3, -0.25) is 14.4 Å². The number of carbonyl (C=O) groups excluding carboxylic acids is 3. The Kier molecular flexibility index (Phi) is 72.4. The average molecular weight is 1510 g/mol. The van der Waals surface area contributed by atoms with Crippen LogP contribution in [0.5, 0.6) is 0 Å². The molecule has 0 spiro atoms. The molecule has 0 aromatic carbocycles. The van der Waals surface area contributed by atoms with Crippen LogP contribution < -0.4 is 16.0 Å². The topological polar surface area (TPSA) is 236 Å². The van der Waals surface area contributed by atoms with Crippen molar-refractivity contribution < 1.29 is 62.8 Å². The molecule has 9 N–H and O–H groups in total. The van der Waals surface area contributed by atoms with Gasteiger partial charge in [0.2, 0.25) is 17.7 Å². The summed E-state index contributed by atoms with van der Waals surface area (Å²) < 4.78 is 21.9. The Labute approximate surface area is 649 Å². The van der Waals surface area contributed by atoms with Gasteiger partial charge in [-0.15, -0.1) is 0 Å². The van der Waals surface area contributed by atoms with Crippen molar-refractivity contribution in [3.05, 3.63) is 0 Å². The van der Waals surface area contributed by atoms with E-state index in [9.17, 15) is 45.0 Å². The van der Waals surface area contributed by atoms with Crippen LogP contribution >= 0.6 is 0 Å². The van der Waals surface area contributed by atoms with Gasteiger partial charge in [0.05, 0.1) is 86.1 Å². The van der Waals surface area contributed by atoms with Crippen molar-refractivity contribution in [2.24, 2.45) is 0 Å². The monoisotopic (exact) mass is 1510 g/mol. The number of unbranched alkanes of at least 4 members (excludes halogenated alkanes) is 54. The Morgan fingerprint density at radius 1 is 0.257 bits per heavy atom. The fraction of sp³-hybridized carbons (Fsp3) is 0.966. The number of hydrogen-bond acceptors (Lipinski definition) is 12. The van der Waals surface area contributed by atoms with E-state index in [0.29, 0.717) is 32.2 Å². The second-order valence-corrected chi connectivity index (χ2v) is 36.0. The molecule has 0 aromatic heterocycles. The zero-order valence-electron chi connectivity index (χ0n) is 70.3. The van der Waals surface area contributed by atoms with Gasteiger partial charge in [0.15, 0.2) is 0 Å². The number of quaternary nitrogens is 1. The van der Waals surface area contributed by atoms with E-state index in [1.807, 2.05) is 0 Å². The normalized spacial score (nSPS) is 12.5. The van der Waals surface area contributed by atoms with Crippen LogP contribution in [0.3, 0.4) is 0 Å². The Morgan fingerprint density at radius 2 is 0.419 bits per heavy atom. The lowest BCUT2D eigenvalue weighted by Gasteiger charge is -2.41. The molecular formula is C88H179N4O12Si+. The third kappa shape index (κ3) is 59.6. The molecule has 0 unspecified atom stereocenters. The third-order valence-corrected chi connectivity index (χ3v) is 25.3. The van der Waals surface area contributed by atoms with Crippen LogP contribution in [0.4, 0.5) is 0 Å². The van der Waals surface area contributed by atoms with Crippen molar-refractivity contribution in [3.63, 3.8) is 0 Å². The smallest absolute Gasteiger partial charge is 0.394 e. The first-order chi connectivity index (χ1) is 51.2. The van der Waals surface area contributed by atoms with E-state index >= 15 is 0 Å². The molecule has 3 amide bonds. The van der Waals surface area contributed by atoms with Gasteiger partial charge < -0.3 is 64.4 Å². The minimum atomic E-state index is -4.42. The van der Waals surface area contributed by atoms with Gasteiger partial charge in [0.25, 0.3) is 0 Å². The van der Waals surface area contributed by atoms with Gasteiger partial charge >= 0.3 is 8.80 Å². The minimum absolute atomic E-state index is 0.136. The lowest BCUT2D eigenvalue weighted by molar-refractivity contribution is -0.910. The van der Waals surface area contributed by atoms with E-state index in [4.69, 9.17) is 13.3 Å². The van der Waals surface area contributed by atoms with Crippen LogP contribution in [0.25, 0.3) is 0 Å². The SMILES string of the molecule is CCCCCCCCCCCCCCCCCC[N+](C)(CCCCCCCCCCCCCCCCCC)CCC[Si](OCC(CO)(CO)NC(=O)CCCCCCCCCCC)(OCC(CO)(CO)NC(=O)CCCCCCCCCCC)OCC(CO)(CO)NC(=O)CCCCCCCCCCC. The molecule has 0 atom stereocenters. The zero-order valence-corrected chi connectivity index (χ0v) is 71.3. The number of carbonyl (C=O) groups is 3. The molecule has 0 aliphatic heterocycles. The van der Waals surface area contributed by atoms with Crippen LogP contribution in [0.2, 0.25) is 6.04 Å². The van der Waals surface area contributed by atoms with Gasteiger partial charge in [-0.25, -0.2) is 0 Å². The predicted octanol–water partition coefficient (Wildman–Crippen LogP) is 20.6. The number of nitrogens with one attached hydrogen (secondary N) is 3. The summed E-state index contributed by atoms with van der Waals surface area (Å²) in [6.07, 6.45) is 71.8. The summed E-state index contributed by atoms with van der Waals surface area (Å²) in [6.45, 7) is 8.33. The Bertz CT molecular complexity index is 1710. The maximum atomic E-state index is 13.9. The van der Waals surface area contributed by atoms with Crippen LogP contribution in [0.1, 0.15) is 439 Å². The first-order valence-corrected chi connectivity index (χ1v) is 47.4. The molecule has 0 saturated heterocycles. The number of aliphatic hydroxyl groups excluding tert-OH is 6. The molecule has 105 heavy (non-hydrogen) atoms. The molecule has 0 radical (unpaired) electrons. The van der Waals surface area contributed by atoms with E-state index in [2.05, 4.69) is 57.6 Å². The number of nitrogens with zero attached hydrogens (tertiary/aromatic N) is 1. The Morgan fingerprint density at radius 3 is 0.600 bits per heavy atom. The fourth-order valence-electron chi connectivity index (χ4n) is 14.8. The quantitative estimate of drug-likeness (QED) is 0.0157. The highest BCUT2D eigenvalue weighted by atomic mass is 28.4. The minimum Gasteiger partial charge on any atom is -0.394 e. The fourth-order valence-corrected chi connectivity index (χ4v) is 17.6. The molecule has 0 bridgehead atoms. The van der Waals surface area contributed by atoms with E-state index in [1.54, 1.807) is 0 Å². The first-order valence-electron chi connectivity index (χ1n) is 45.5. The summed E-state index contributed by atoms with van der Waals surface area (Å²) >= 11 is 0. The van der Waals surface area contributed by atoms with Crippen molar-refractivity contribution in [1.29, 1.82) is 0 Å². The zero-order chi connectivity index (χ0) is 77.2. The first kappa shape index (κ1) is 103. The molecule has 16 nitrogen and oxygen atoms in total. The summed E-state index contributed by atoms with van der Waals surface area (Å²) in [4.78, 5) is 41.7. The van der Waals surface area contributed by atoms with Crippen LogP contribution in [-0.2, 0) is 27.7 Å². The molecule has 0 fully saturated rings. The van der Waals surface area contributed by atoms with Crippen LogP contribution in [-0.4, -0.2) is 164 Å². The van der Waals surface area contributed by atoms with E-state index < -0.39 is 84.9 Å². The second kappa shape index (κ2) is 73.7. The van der Waals surface area contributed by atoms with Crippen molar-refractivity contribution in [1.82, 2.24) is 16.0 Å². The number of amides is 3.